The number of hydrogen-bond donors (Lipinski definition) is 1. The maximum atomic E-state index is 12.9. The van der Waals surface area contributed by atoms with Crippen LogP contribution in [0.1, 0.15) is 15.9 Å². The summed E-state index contributed by atoms with van der Waals surface area (Å²) in [5, 5.41) is 5.03. The van der Waals surface area contributed by atoms with E-state index in [0.29, 0.717) is 38.4 Å². The highest BCUT2D eigenvalue weighted by Crippen LogP contribution is 2.29. The molecule has 0 aromatic heterocycles. The third kappa shape index (κ3) is 8.22. The number of hydrazone groups is 1. The van der Waals surface area contributed by atoms with Gasteiger partial charge in [0.1, 0.15) is 11.5 Å². The van der Waals surface area contributed by atoms with Gasteiger partial charge in [-0.15, -0.1) is 0 Å². The van der Waals surface area contributed by atoms with Crippen molar-refractivity contribution >= 4 is 57.2 Å². The summed E-state index contributed by atoms with van der Waals surface area (Å²) < 4.78 is 23.1. The number of halogens is 3. The van der Waals surface area contributed by atoms with Gasteiger partial charge in [0.15, 0.2) is 11.5 Å². The second kappa shape index (κ2) is 13.8. The zero-order valence-corrected chi connectivity index (χ0v) is 23.9. The van der Waals surface area contributed by atoms with Crippen LogP contribution in [0.3, 0.4) is 0 Å². The number of nitrogens with zero attached hydrogens (tertiary/aromatic N) is 1. The van der Waals surface area contributed by atoms with Crippen molar-refractivity contribution in [2.24, 2.45) is 5.10 Å². The fourth-order valence-corrected chi connectivity index (χ4v) is 3.90. The highest BCUT2D eigenvalue weighted by molar-refractivity contribution is 9.10. The van der Waals surface area contributed by atoms with Gasteiger partial charge in [-0.3, -0.25) is 4.79 Å². The van der Waals surface area contributed by atoms with Crippen molar-refractivity contribution in [2.75, 3.05) is 7.11 Å². The van der Waals surface area contributed by atoms with E-state index in [0.717, 1.165) is 4.47 Å². The molecule has 4 aromatic rings. The molecule has 4 aromatic carbocycles. The van der Waals surface area contributed by atoms with Crippen LogP contribution in [0, 0.1) is 0 Å². The van der Waals surface area contributed by atoms with Gasteiger partial charge >= 0.3 is 18.2 Å². The van der Waals surface area contributed by atoms with Crippen LogP contribution >= 0.6 is 39.1 Å². The first-order valence-corrected chi connectivity index (χ1v) is 13.2. The highest BCUT2D eigenvalue weighted by Gasteiger charge is 2.23. The predicted molar refractivity (Wildman–Crippen MR) is 156 cm³/mol. The number of ether oxygens (including phenoxy) is 4. The number of carbonyl (C=O) groups is 2. The number of esters is 1. The molecular formula is C29H21BrCl2N2O6. The second-order valence-electron chi connectivity index (χ2n) is 8.02. The van der Waals surface area contributed by atoms with E-state index in [1.54, 1.807) is 91.0 Å². The molecule has 204 valence electrons. The van der Waals surface area contributed by atoms with Crippen molar-refractivity contribution in [1.29, 1.82) is 0 Å². The van der Waals surface area contributed by atoms with Crippen LogP contribution < -0.4 is 24.4 Å². The van der Waals surface area contributed by atoms with Crippen LogP contribution in [0.4, 0.5) is 0 Å². The lowest BCUT2D eigenvalue weighted by molar-refractivity contribution is -0.140. The molecule has 0 bridgehead atoms. The third-order valence-corrected chi connectivity index (χ3v) is 6.16. The molecule has 40 heavy (non-hydrogen) atoms. The van der Waals surface area contributed by atoms with E-state index in [-0.39, 0.29) is 5.75 Å². The molecule has 1 amide bonds. The van der Waals surface area contributed by atoms with E-state index in [9.17, 15) is 9.59 Å². The normalized spacial score (nSPS) is 10.8. The maximum Gasteiger partial charge on any atom is 0.343 e. The van der Waals surface area contributed by atoms with Gasteiger partial charge in [-0.1, -0.05) is 45.2 Å². The molecule has 0 heterocycles. The molecule has 8 nitrogen and oxygen atoms in total. The number of rotatable bonds is 10. The third-order valence-electron chi connectivity index (χ3n) is 5.17. The first kappa shape index (κ1) is 28.9. The Balaban J connectivity index is 1.44. The second-order valence-corrected chi connectivity index (χ2v) is 9.81. The van der Waals surface area contributed by atoms with Gasteiger partial charge in [0, 0.05) is 14.5 Å². The molecule has 0 saturated heterocycles. The Morgan fingerprint density at radius 3 is 2.05 bits per heavy atom. The zero-order chi connectivity index (χ0) is 28.5. The summed E-state index contributed by atoms with van der Waals surface area (Å²) in [5.74, 6) is 0.0314. The Bertz CT molecular complexity index is 1470. The first-order chi connectivity index (χ1) is 19.3. The lowest BCUT2D eigenvalue weighted by Gasteiger charge is -2.19. The number of methoxy groups -OCH3 is 1. The zero-order valence-electron chi connectivity index (χ0n) is 20.8. The smallest absolute Gasteiger partial charge is 0.343 e. The Morgan fingerprint density at radius 2 is 1.48 bits per heavy atom. The van der Waals surface area contributed by atoms with Crippen LogP contribution in [0.2, 0.25) is 10.0 Å². The Labute approximate surface area is 248 Å². The predicted octanol–water partition coefficient (Wildman–Crippen LogP) is 6.92. The maximum absolute atomic E-state index is 12.9. The van der Waals surface area contributed by atoms with Crippen LogP contribution in [0.15, 0.2) is 101 Å². The summed E-state index contributed by atoms with van der Waals surface area (Å²) in [6.45, 7) is 0. The number of nitrogens with one attached hydrogen (secondary N) is 1. The number of benzene rings is 4. The highest BCUT2D eigenvalue weighted by atomic mass is 79.9. The summed E-state index contributed by atoms with van der Waals surface area (Å²) >= 11 is 15.2. The molecule has 11 heteroatoms. The van der Waals surface area contributed by atoms with Gasteiger partial charge in [-0.05, 0) is 90.5 Å². The van der Waals surface area contributed by atoms with Gasteiger partial charge in [-0.25, -0.2) is 10.2 Å². The van der Waals surface area contributed by atoms with E-state index < -0.39 is 18.2 Å². The van der Waals surface area contributed by atoms with Crippen LogP contribution in [-0.4, -0.2) is 31.5 Å². The van der Waals surface area contributed by atoms with Crippen molar-refractivity contribution in [2.45, 2.75) is 6.29 Å². The average Bonchev–Trinajstić information content (AvgIpc) is 2.95. The summed E-state index contributed by atoms with van der Waals surface area (Å²) in [6, 6.07) is 24.6. The Morgan fingerprint density at radius 1 is 0.850 bits per heavy atom. The molecule has 0 fully saturated rings. The minimum atomic E-state index is -1.38. The van der Waals surface area contributed by atoms with Crippen molar-refractivity contribution in [3.63, 3.8) is 0 Å². The molecule has 4 rings (SSSR count). The molecule has 0 atom stereocenters. The van der Waals surface area contributed by atoms with E-state index >= 15 is 0 Å². The number of amides is 1. The standard InChI is InChI=1S/C29H21BrCl2N2O6/c1-37-26-15-18(5-14-25(26)40-28(36)19-3-2-4-20(30)16-19)17-33-34-27(35)29(38-23-10-6-21(31)7-11-23)39-24-12-8-22(32)9-13-24/h2-17,29H,1H3,(H,34,35)/b33-17-. The summed E-state index contributed by atoms with van der Waals surface area (Å²) in [5.41, 5.74) is 3.34. The number of hydrogen-bond acceptors (Lipinski definition) is 7. The van der Waals surface area contributed by atoms with Crippen LogP contribution in [0.25, 0.3) is 0 Å². The SMILES string of the molecule is COc1cc(/C=N\NC(=O)C(Oc2ccc(Cl)cc2)Oc2ccc(Cl)cc2)ccc1OC(=O)c1cccc(Br)c1. The van der Waals surface area contributed by atoms with Crippen molar-refractivity contribution in [3.8, 4) is 23.0 Å². The van der Waals surface area contributed by atoms with Crippen LogP contribution in [-0.2, 0) is 4.79 Å². The summed E-state index contributed by atoms with van der Waals surface area (Å²) in [7, 11) is 1.45. The molecule has 0 aliphatic rings. The Hall–Kier alpha value is -4.05. The summed E-state index contributed by atoms with van der Waals surface area (Å²) in [4.78, 5) is 25.4. The fourth-order valence-electron chi connectivity index (χ4n) is 3.25. The van der Waals surface area contributed by atoms with Crippen molar-refractivity contribution < 1.29 is 28.5 Å². The molecule has 0 saturated carbocycles. The van der Waals surface area contributed by atoms with Gasteiger partial charge in [0.2, 0.25) is 0 Å². The quantitative estimate of drug-likeness (QED) is 0.0663. The van der Waals surface area contributed by atoms with Gasteiger partial charge < -0.3 is 18.9 Å². The minimum absolute atomic E-state index is 0.224. The van der Waals surface area contributed by atoms with Gasteiger partial charge in [0.25, 0.3) is 0 Å². The van der Waals surface area contributed by atoms with E-state index in [1.165, 1.54) is 13.3 Å². The lowest BCUT2D eigenvalue weighted by atomic mass is 10.2. The largest absolute Gasteiger partial charge is 0.493 e. The molecule has 0 aliphatic carbocycles. The monoisotopic (exact) mass is 642 g/mol. The molecular weight excluding hydrogens is 623 g/mol. The van der Waals surface area contributed by atoms with E-state index in [2.05, 4.69) is 26.5 Å². The van der Waals surface area contributed by atoms with Crippen LogP contribution in [0.5, 0.6) is 23.0 Å². The summed E-state index contributed by atoms with van der Waals surface area (Å²) in [6.07, 6.45) is 0.0101. The lowest BCUT2D eigenvalue weighted by Crippen LogP contribution is -2.40. The van der Waals surface area contributed by atoms with E-state index in [4.69, 9.17) is 42.1 Å². The molecule has 0 radical (unpaired) electrons. The molecule has 0 spiro atoms. The van der Waals surface area contributed by atoms with E-state index in [1.807, 2.05) is 0 Å². The molecule has 0 unspecified atom stereocenters. The molecule has 0 aliphatic heterocycles. The van der Waals surface area contributed by atoms with Gasteiger partial charge in [0.05, 0.1) is 18.9 Å². The topological polar surface area (TPSA) is 95.5 Å². The average molecular weight is 644 g/mol. The van der Waals surface area contributed by atoms with Crippen molar-refractivity contribution in [1.82, 2.24) is 5.43 Å². The Kier molecular flexibility index (Phi) is 10.0. The molecule has 1 N–H and O–H groups in total. The van der Waals surface area contributed by atoms with Gasteiger partial charge in [-0.2, -0.15) is 5.10 Å². The first-order valence-electron chi connectivity index (χ1n) is 11.6. The fraction of sp³-hybridized carbons (Fsp3) is 0.0690. The van der Waals surface area contributed by atoms with Crippen molar-refractivity contribution in [3.05, 3.63) is 117 Å². The number of carbonyl (C=O) groups excluding carboxylic acids is 2. The minimum Gasteiger partial charge on any atom is -0.493 e.